The Morgan fingerprint density at radius 1 is 1.00 bits per heavy atom. The summed E-state index contributed by atoms with van der Waals surface area (Å²) in [5.41, 5.74) is 2.26. The molecule has 1 fully saturated rings. The Morgan fingerprint density at radius 2 is 1.67 bits per heavy atom. The summed E-state index contributed by atoms with van der Waals surface area (Å²) in [6.07, 6.45) is 6.15. The van der Waals surface area contributed by atoms with Gasteiger partial charge in [0.05, 0.1) is 4.88 Å². The van der Waals surface area contributed by atoms with Gasteiger partial charge in [-0.25, -0.2) is 0 Å². The van der Waals surface area contributed by atoms with Crippen LogP contribution in [0.25, 0.3) is 6.08 Å². The van der Waals surface area contributed by atoms with E-state index in [2.05, 4.69) is 12.1 Å². The number of nitrogens with zero attached hydrogens (tertiary/aromatic N) is 2. The average Bonchev–Trinajstić information content (AvgIpc) is 3.41. The fourth-order valence-electron chi connectivity index (χ4n) is 4.54. The van der Waals surface area contributed by atoms with Crippen LogP contribution in [0.3, 0.4) is 0 Å². The largest absolute Gasteiger partial charge is 0.339 e. The highest BCUT2D eigenvalue weighted by atomic mass is 32.1. The fourth-order valence-corrected chi connectivity index (χ4v) is 5.25. The second-order valence-corrected chi connectivity index (χ2v) is 9.50. The number of thiophene rings is 1. The second kappa shape index (κ2) is 11.1. The van der Waals surface area contributed by atoms with Crippen molar-refractivity contribution in [1.29, 1.82) is 0 Å². The number of hydrogen-bond acceptors (Lipinski definition) is 3. The van der Waals surface area contributed by atoms with Gasteiger partial charge in [-0.3, -0.25) is 9.59 Å². The normalized spacial score (nSPS) is 15.5. The minimum absolute atomic E-state index is 0.0555. The first kappa shape index (κ1) is 23.0. The van der Waals surface area contributed by atoms with Crippen LogP contribution in [0.2, 0.25) is 0 Å². The molecule has 4 rings (SSSR count). The molecule has 0 spiro atoms. The van der Waals surface area contributed by atoms with Gasteiger partial charge in [0, 0.05) is 32.3 Å². The van der Waals surface area contributed by atoms with E-state index in [4.69, 9.17) is 0 Å². The number of piperidine rings is 1. The molecule has 1 atom stereocenters. The highest BCUT2D eigenvalue weighted by molar-refractivity contribution is 7.12. The fraction of sp³-hybridized carbons (Fsp3) is 0.286. The van der Waals surface area contributed by atoms with E-state index in [0.717, 1.165) is 42.8 Å². The van der Waals surface area contributed by atoms with E-state index in [9.17, 15) is 9.59 Å². The summed E-state index contributed by atoms with van der Waals surface area (Å²) in [4.78, 5) is 30.5. The molecule has 2 heterocycles. The molecule has 0 N–H and O–H groups in total. The summed E-state index contributed by atoms with van der Waals surface area (Å²) in [6, 6.07) is 24.2. The van der Waals surface area contributed by atoms with Crippen LogP contribution in [0.5, 0.6) is 0 Å². The summed E-state index contributed by atoms with van der Waals surface area (Å²) >= 11 is 1.49. The van der Waals surface area contributed by atoms with E-state index in [1.807, 2.05) is 89.0 Å². The summed E-state index contributed by atoms with van der Waals surface area (Å²) in [6.45, 7) is 1.43. The van der Waals surface area contributed by atoms with Gasteiger partial charge in [-0.2, -0.15) is 0 Å². The number of carbonyl (C=O) groups excluding carboxylic acids is 2. The third kappa shape index (κ3) is 5.99. The lowest BCUT2D eigenvalue weighted by Gasteiger charge is -2.40. The second-order valence-electron chi connectivity index (χ2n) is 8.56. The van der Waals surface area contributed by atoms with Crippen molar-refractivity contribution < 1.29 is 9.59 Å². The summed E-state index contributed by atoms with van der Waals surface area (Å²) in [5, 5.41) is 1.94. The third-order valence-corrected chi connectivity index (χ3v) is 7.31. The number of carbonyl (C=O) groups is 2. The molecule has 0 bridgehead atoms. The Balaban J connectivity index is 1.43. The molecule has 0 saturated carbocycles. The van der Waals surface area contributed by atoms with Gasteiger partial charge in [-0.1, -0.05) is 66.7 Å². The van der Waals surface area contributed by atoms with Crippen molar-refractivity contribution in [3.05, 3.63) is 100 Å². The predicted octanol–water partition coefficient (Wildman–Crippen LogP) is 5.38. The minimum Gasteiger partial charge on any atom is -0.339 e. The molecule has 170 valence electrons. The Hall–Kier alpha value is -3.18. The molecule has 3 aromatic rings. The van der Waals surface area contributed by atoms with E-state index in [1.54, 1.807) is 6.08 Å². The van der Waals surface area contributed by atoms with Crippen LogP contribution in [0.1, 0.15) is 33.6 Å². The van der Waals surface area contributed by atoms with Gasteiger partial charge < -0.3 is 9.80 Å². The number of amides is 2. The van der Waals surface area contributed by atoms with Crippen molar-refractivity contribution in [2.75, 3.05) is 20.1 Å². The molecule has 0 aliphatic carbocycles. The SMILES string of the molecule is CN(C(=O)c1cccs1)[C@H](Cc1ccccc1)C1CCN(C(=O)/C=C/c2ccccc2)CC1. The van der Waals surface area contributed by atoms with E-state index in [1.165, 1.54) is 16.9 Å². The zero-order valence-corrected chi connectivity index (χ0v) is 19.8. The molecular weight excluding hydrogens is 428 g/mol. The highest BCUT2D eigenvalue weighted by Gasteiger charge is 2.33. The first-order valence-corrected chi connectivity index (χ1v) is 12.4. The maximum absolute atomic E-state index is 13.1. The van der Waals surface area contributed by atoms with Gasteiger partial charge in [-0.15, -0.1) is 11.3 Å². The zero-order chi connectivity index (χ0) is 23.0. The van der Waals surface area contributed by atoms with E-state index >= 15 is 0 Å². The molecule has 4 nitrogen and oxygen atoms in total. The van der Waals surface area contributed by atoms with Crippen molar-refractivity contribution >= 4 is 29.2 Å². The Morgan fingerprint density at radius 3 is 2.30 bits per heavy atom. The molecule has 0 radical (unpaired) electrons. The average molecular weight is 459 g/mol. The van der Waals surface area contributed by atoms with Gasteiger partial charge in [0.1, 0.15) is 0 Å². The minimum atomic E-state index is 0.0555. The van der Waals surface area contributed by atoms with Crippen LogP contribution in [0, 0.1) is 5.92 Å². The molecule has 5 heteroatoms. The topological polar surface area (TPSA) is 40.6 Å². The number of likely N-dealkylation sites (tertiary alicyclic amines) is 1. The van der Waals surface area contributed by atoms with Gasteiger partial charge in [0.25, 0.3) is 5.91 Å². The van der Waals surface area contributed by atoms with Crippen molar-refractivity contribution in [3.63, 3.8) is 0 Å². The van der Waals surface area contributed by atoms with Crippen molar-refractivity contribution in [2.45, 2.75) is 25.3 Å². The smallest absolute Gasteiger partial charge is 0.263 e. The first-order chi connectivity index (χ1) is 16.1. The molecule has 1 aliphatic heterocycles. The Labute approximate surface area is 200 Å². The highest BCUT2D eigenvalue weighted by Crippen LogP contribution is 2.28. The van der Waals surface area contributed by atoms with Gasteiger partial charge >= 0.3 is 0 Å². The van der Waals surface area contributed by atoms with Gasteiger partial charge in [-0.05, 0) is 53.8 Å². The van der Waals surface area contributed by atoms with Crippen LogP contribution < -0.4 is 0 Å². The lowest BCUT2D eigenvalue weighted by Crippen LogP contribution is -2.48. The van der Waals surface area contributed by atoms with E-state index < -0.39 is 0 Å². The van der Waals surface area contributed by atoms with Crippen LogP contribution in [0.15, 0.2) is 84.3 Å². The monoisotopic (exact) mass is 458 g/mol. The number of benzene rings is 2. The Bertz CT molecular complexity index is 1060. The molecule has 2 aromatic carbocycles. The van der Waals surface area contributed by atoms with Gasteiger partial charge in [0.15, 0.2) is 0 Å². The lowest BCUT2D eigenvalue weighted by molar-refractivity contribution is -0.127. The number of rotatable bonds is 7. The lowest BCUT2D eigenvalue weighted by atomic mass is 9.85. The Kier molecular flexibility index (Phi) is 7.74. The molecule has 2 amide bonds. The van der Waals surface area contributed by atoms with Crippen LogP contribution in [0.4, 0.5) is 0 Å². The summed E-state index contributed by atoms with van der Waals surface area (Å²) in [5.74, 6) is 0.483. The zero-order valence-electron chi connectivity index (χ0n) is 19.0. The molecule has 1 saturated heterocycles. The molecule has 1 aromatic heterocycles. The van der Waals surface area contributed by atoms with Crippen LogP contribution in [-0.2, 0) is 11.2 Å². The third-order valence-electron chi connectivity index (χ3n) is 6.45. The van der Waals surface area contributed by atoms with E-state index in [0.29, 0.717) is 5.92 Å². The summed E-state index contributed by atoms with van der Waals surface area (Å²) in [7, 11) is 1.93. The van der Waals surface area contributed by atoms with E-state index in [-0.39, 0.29) is 17.9 Å². The molecule has 33 heavy (non-hydrogen) atoms. The van der Waals surface area contributed by atoms with Crippen molar-refractivity contribution in [3.8, 4) is 0 Å². The summed E-state index contributed by atoms with van der Waals surface area (Å²) < 4.78 is 0. The van der Waals surface area contributed by atoms with Crippen LogP contribution in [-0.4, -0.2) is 47.8 Å². The van der Waals surface area contributed by atoms with Crippen LogP contribution >= 0.6 is 11.3 Å². The quantitative estimate of drug-likeness (QED) is 0.446. The number of likely N-dealkylation sites (N-methyl/N-ethyl adjacent to an activating group) is 1. The number of hydrogen-bond donors (Lipinski definition) is 0. The first-order valence-electron chi connectivity index (χ1n) is 11.5. The van der Waals surface area contributed by atoms with Crippen molar-refractivity contribution in [1.82, 2.24) is 9.80 Å². The predicted molar refractivity (Wildman–Crippen MR) is 135 cm³/mol. The molecule has 1 aliphatic rings. The maximum Gasteiger partial charge on any atom is 0.263 e. The standard InChI is InChI=1S/C28H30N2O2S/c1-29(28(32)26-13-8-20-33-26)25(21-23-11-6-3-7-12-23)24-16-18-30(19-17-24)27(31)15-14-22-9-4-2-5-10-22/h2-15,20,24-25H,16-19,21H2,1H3/b15-14+/t25-/m1/s1. The molecular formula is C28H30N2O2S. The maximum atomic E-state index is 13.1. The van der Waals surface area contributed by atoms with Crippen molar-refractivity contribution in [2.24, 2.45) is 5.92 Å². The molecule has 0 unspecified atom stereocenters. The van der Waals surface area contributed by atoms with Gasteiger partial charge in [0.2, 0.25) is 5.91 Å².